The standard InChI is InChI=1S/C57H37N3/c1-3-17-38(18-4-1)47-33-34-48(50-29-12-11-28-49(47)50)42-24-15-25-43(35-42)55-58-56(44-36-41-22-8-10-27-46(41)54(37-44)40-19-5-2-6-20-40)60-57(59-55)53-31-14-13-30-52(53)51-32-16-23-39-21-7-9-26-45(39)51/h1-37H. The summed E-state index contributed by atoms with van der Waals surface area (Å²) in [5, 5.41) is 7.09. The van der Waals surface area contributed by atoms with Crippen LogP contribution in [0.25, 0.3) is 111 Å². The van der Waals surface area contributed by atoms with Crippen LogP contribution in [0, 0.1) is 0 Å². The Morgan fingerprint density at radius 2 is 0.650 bits per heavy atom. The maximum Gasteiger partial charge on any atom is 0.164 e. The second-order valence-electron chi connectivity index (χ2n) is 15.1. The van der Waals surface area contributed by atoms with Gasteiger partial charge in [-0.3, -0.25) is 0 Å². The first-order valence-corrected chi connectivity index (χ1v) is 20.4. The van der Waals surface area contributed by atoms with E-state index in [-0.39, 0.29) is 0 Å². The Kier molecular flexibility index (Phi) is 8.83. The predicted octanol–water partition coefficient (Wildman–Crippen LogP) is 15.0. The molecule has 280 valence electrons. The van der Waals surface area contributed by atoms with Crippen LogP contribution in [0.5, 0.6) is 0 Å². The van der Waals surface area contributed by atoms with Crippen molar-refractivity contribution in [2.75, 3.05) is 0 Å². The smallest absolute Gasteiger partial charge is 0.164 e. The largest absolute Gasteiger partial charge is 0.208 e. The highest BCUT2D eigenvalue weighted by atomic mass is 15.0. The summed E-state index contributed by atoms with van der Waals surface area (Å²) in [7, 11) is 0. The van der Waals surface area contributed by atoms with E-state index in [2.05, 4.69) is 224 Å². The molecule has 0 saturated heterocycles. The fraction of sp³-hybridized carbons (Fsp3) is 0. The Balaban J connectivity index is 1.12. The summed E-state index contributed by atoms with van der Waals surface area (Å²) in [6.07, 6.45) is 0. The molecule has 0 spiro atoms. The van der Waals surface area contributed by atoms with Crippen LogP contribution in [-0.4, -0.2) is 15.0 Å². The number of benzene rings is 10. The number of hydrogen-bond acceptors (Lipinski definition) is 3. The fourth-order valence-electron chi connectivity index (χ4n) is 8.67. The molecule has 0 atom stereocenters. The second-order valence-corrected chi connectivity index (χ2v) is 15.1. The molecule has 0 aliphatic heterocycles. The molecule has 3 nitrogen and oxygen atoms in total. The van der Waals surface area contributed by atoms with Gasteiger partial charge in [-0.1, -0.05) is 206 Å². The van der Waals surface area contributed by atoms with Crippen molar-refractivity contribution < 1.29 is 0 Å². The minimum atomic E-state index is 0.615. The lowest BCUT2D eigenvalue weighted by Crippen LogP contribution is -2.01. The van der Waals surface area contributed by atoms with E-state index < -0.39 is 0 Å². The molecule has 1 heterocycles. The molecule has 0 aliphatic rings. The van der Waals surface area contributed by atoms with Gasteiger partial charge in [0.2, 0.25) is 0 Å². The average Bonchev–Trinajstić information content (AvgIpc) is 3.33. The van der Waals surface area contributed by atoms with Gasteiger partial charge in [0.25, 0.3) is 0 Å². The van der Waals surface area contributed by atoms with Gasteiger partial charge in [-0.05, 0) is 95.0 Å². The van der Waals surface area contributed by atoms with Gasteiger partial charge in [0.1, 0.15) is 0 Å². The normalized spacial score (nSPS) is 11.3. The summed E-state index contributed by atoms with van der Waals surface area (Å²) in [6, 6.07) is 79.4. The fourth-order valence-corrected chi connectivity index (χ4v) is 8.67. The van der Waals surface area contributed by atoms with Crippen molar-refractivity contribution in [3.05, 3.63) is 224 Å². The van der Waals surface area contributed by atoms with E-state index in [0.717, 1.165) is 55.5 Å². The van der Waals surface area contributed by atoms with E-state index >= 15 is 0 Å². The van der Waals surface area contributed by atoms with Crippen molar-refractivity contribution in [1.29, 1.82) is 0 Å². The van der Waals surface area contributed by atoms with Crippen LogP contribution in [0.3, 0.4) is 0 Å². The molecule has 0 radical (unpaired) electrons. The van der Waals surface area contributed by atoms with Gasteiger partial charge >= 0.3 is 0 Å². The lowest BCUT2D eigenvalue weighted by atomic mass is 9.91. The van der Waals surface area contributed by atoms with Gasteiger partial charge in [0.15, 0.2) is 17.5 Å². The minimum Gasteiger partial charge on any atom is -0.208 e. The molecule has 0 amide bonds. The first-order chi connectivity index (χ1) is 29.7. The van der Waals surface area contributed by atoms with E-state index in [1.807, 2.05) is 0 Å². The first kappa shape index (κ1) is 35.2. The first-order valence-electron chi connectivity index (χ1n) is 20.4. The van der Waals surface area contributed by atoms with Crippen LogP contribution in [-0.2, 0) is 0 Å². The van der Waals surface area contributed by atoms with Crippen LogP contribution in [0.2, 0.25) is 0 Å². The van der Waals surface area contributed by atoms with E-state index in [0.29, 0.717) is 17.5 Å². The van der Waals surface area contributed by atoms with Crippen LogP contribution in [0.15, 0.2) is 224 Å². The highest BCUT2D eigenvalue weighted by Gasteiger charge is 2.19. The van der Waals surface area contributed by atoms with Gasteiger partial charge in [-0.2, -0.15) is 0 Å². The maximum absolute atomic E-state index is 5.35. The predicted molar refractivity (Wildman–Crippen MR) is 250 cm³/mol. The molecule has 0 bridgehead atoms. The molecule has 3 heteroatoms. The highest BCUT2D eigenvalue weighted by Crippen LogP contribution is 2.40. The van der Waals surface area contributed by atoms with Crippen molar-refractivity contribution in [2.24, 2.45) is 0 Å². The maximum atomic E-state index is 5.35. The molecule has 0 saturated carbocycles. The monoisotopic (exact) mass is 763 g/mol. The average molecular weight is 764 g/mol. The summed E-state index contributed by atoms with van der Waals surface area (Å²) in [6.45, 7) is 0. The Hall–Kier alpha value is -8.01. The Labute approximate surface area is 349 Å². The van der Waals surface area contributed by atoms with Gasteiger partial charge < -0.3 is 0 Å². The molecule has 60 heavy (non-hydrogen) atoms. The molecule has 0 N–H and O–H groups in total. The van der Waals surface area contributed by atoms with Crippen LogP contribution in [0.4, 0.5) is 0 Å². The molecule has 10 aromatic carbocycles. The lowest BCUT2D eigenvalue weighted by molar-refractivity contribution is 1.07. The summed E-state index contributed by atoms with van der Waals surface area (Å²) in [5.74, 6) is 1.86. The zero-order chi connectivity index (χ0) is 39.8. The van der Waals surface area contributed by atoms with Crippen LogP contribution in [0.1, 0.15) is 0 Å². The minimum absolute atomic E-state index is 0.615. The van der Waals surface area contributed by atoms with Crippen LogP contribution < -0.4 is 0 Å². The van der Waals surface area contributed by atoms with Gasteiger partial charge in [-0.25, -0.2) is 15.0 Å². The Morgan fingerprint density at radius 1 is 0.200 bits per heavy atom. The SMILES string of the molecule is c1ccc(-c2cc(-c3nc(-c4cccc(-c5ccc(-c6ccccc6)c6ccccc56)c4)nc(-c4ccccc4-c4cccc5ccccc45)n3)cc3ccccc23)cc1. The van der Waals surface area contributed by atoms with E-state index in [4.69, 9.17) is 15.0 Å². The number of fused-ring (bicyclic) bond motifs is 3. The molecular formula is C57H37N3. The zero-order valence-corrected chi connectivity index (χ0v) is 32.7. The third-order valence-corrected chi connectivity index (χ3v) is 11.5. The summed E-state index contributed by atoms with van der Waals surface area (Å²) >= 11 is 0. The van der Waals surface area contributed by atoms with Crippen molar-refractivity contribution in [3.8, 4) is 78.7 Å². The van der Waals surface area contributed by atoms with E-state index in [9.17, 15) is 0 Å². The summed E-state index contributed by atoms with van der Waals surface area (Å²) in [4.78, 5) is 16.0. The lowest BCUT2D eigenvalue weighted by Gasteiger charge is -2.15. The van der Waals surface area contributed by atoms with Crippen molar-refractivity contribution in [1.82, 2.24) is 15.0 Å². The third kappa shape index (κ3) is 6.39. The second kappa shape index (κ2) is 15.1. The number of rotatable bonds is 7. The van der Waals surface area contributed by atoms with Crippen LogP contribution >= 0.6 is 0 Å². The quantitative estimate of drug-likeness (QED) is 0.162. The topological polar surface area (TPSA) is 38.7 Å². The number of nitrogens with zero attached hydrogens (tertiary/aromatic N) is 3. The Morgan fingerprint density at radius 3 is 1.37 bits per heavy atom. The summed E-state index contributed by atoms with van der Waals surface area (Å²) in [5.41, 5.74) is 11.9. The van der Waals surface area contributed by atoms with Gasteiger partial charge in [-0.15, -0.1) is 0 Å². The number of aromatic nitrogens is 3. The van der Waals surface area contributed by atoms with Crippen molar-refractivity contribution in [3.63, 3.8) is 0 Å². The van der Waals surface area contributed by atoms with Gasteiger partial charge in [0.05, 0.1) is 0 Å². The number of hydrogen-bond donors (Lipinski definition) is 0. The third-order valence-electron chi connectivity index (χ3n) is 11.5. The van der Waals surface area contributed by atoms with E-state index in [1.165, 1.54) is 38.1 Å². The molecule has 0 fully saturated rings. The molecule has 0 unspecified atom stereocenters. The molecule has 1 aromatic heterocycles. The Bertz CT molecular complexity index is 3370. The molecule has 0 aliphatic carbocycles. The van der Waals surface area contributed by atoms with E-state index in [1.54, 1.807) is 0 Å². The molecular weight excluding hydrogens is 727 g/mol. The zero-order valence-electron chi connectivity index (χ0n) is 32.7. The molecule has 11 aromatic rings. The van der Waals surface area contributed by atoms with Gasteiger partial charge in [0, 0.05) is 16.7 Å². The molecule has 11 rings (SSSR count). The van der Waals surface area contributed by atoms with Crippen molar-refractivity contribution in [2.45, 2.75) is 0 Å². The van der Waals surface area contributed by atoms with Crippen molar-refractivity contribution >= 4 is 32.3 Å². The highest BCUT2D eigenvalue weighted by molar-refractivity contribution is 6.05. The summed E-state index contributed by atoms with van der Waals surface area (Å²) < 4.78 is 0.